The van der Waals surface area contributed by atoms with E-state index in [0.29, 0.717) is 28.4 Å². The van der Waals surface area contributed by atoms with Gasteiger partial charge in [-0.1, -0.05) is 38.3 Å². The van der Waals surface area contributed by atoms with E-state index in [-0.39, 0.29) is 27.4 Å². The van der Waals surface area contributed by atoms with E-state index in [4.69, 9.17) is 0 Å². The number of carbonyl (C=O) groups excluding carboxylic acids is 3. The largest absolute Gasteiger partial charge is 0.326 e. The van der Waals surface area contributed by atoms with Gasteiger partial charge in [0.1, 0.15) is 0 Å². The van der Waals surface area contributed by atoms with Gasteiger partial charge in [-0.3, -0.25) is 24.0 Å². The molecule has 3 amide bonds. The van der Waals surface area contributed by atoms with Crippen molar-refractivity contribution >= 4 is 56.3 Å². The van der Waals surface area contributed by atoms with Crippen molar-refractivity contribution in [3.05, 3.63) is 59.0 Å². The zero-order valence-electron chi connectivity index (χ0n) is 20.2. The first-order valence-electron chi connectivity index (χ1n) is 11.8. The maximum atomic E-state index is 12.9. The minimum Gasteiger partial charge on any atom is -0.326 e. The molecule has 10 heteroatoms. The van der Waals surface area contributed by atoms with Crippen molar-refractivity contribution in [2.45, 2.75) is 50.8 Å². The third kappa shape index (κ3) is 6.17. The lowest BCUT2D eigenvalue weighted by Crippen LogP contribution is -2.39. The summed E-state index contributed by atoms with van der Waals surface area (Å²) in [6, 6.07) is 12.4. The predicted octanol–water partition coefficient (Wildman–Crippen LogP) is 5.45. The summed E-state index contributed by atoms with van der Waals surface area (Å²) in [5, 5.41) is 2.35. The molecule has 2 aromatic rings. The monoisotopic (exact) mass is 527 g/mol. The quantitative estimate of drug-likeness (QED) is 0.463. The molecule has 0 aromatic heterocycles. The molecule has 2 aliphatic rings. The molecule has 1 aliphatic heterocycles. The molecule has 0 bridgehead atoms. The van der Waals surface area contributed by atoms with Crippen molar-refractivity contribution in [1.29, 1.82) is 0 Å². The van der Waals surface area contributed by atoms with Crippen molar-refractivity contribution in [3.63, 3.8) is 0 Å². The van der Waals surface area contributed by atoms with E-state index in [1.165, 1.54) is 42.5 Å². The van der Waals surface area contributed by atoms with Gasteiger partial charge in [0, 0.05) is 24.8 Å². The number of carbonyl (C=O) groups is 3. The fourth-order valence-corrected chi connectivity index (χ4v) is 6.41. The highest BCUT2D eigenvalue weighted by Gasteiger charge is 2.40. The van der Waals surface area contributed by atoms with E-state index < -0.39 is 10.0 Å². The molecule has 1 saturated heterocycles. The topological polar surface area (TPSA) is 113 Å². The van der Waals surface area contributed by atoms with E-state index in [1.807, 2.05) is 0 Å². The van der Waals surface area contributed by atoms with Gasteiger partial charge >= 0.3 is 0 Å². The molecule has 2 aromatic carbocycles. The zero-order chi connectivity index (χ0) is 25.9. The fraction of sp³-hybridized carbons (Fsp3) is 0.346. The summed E-state index contributed by atoms with van der Waals surface area (Å²) >= 11 is 0.941. The molecular weight excluding hydrogens is 498 g/mol. The normalized spacial score (nSPS) is 18.9. The molecule has 36 heavy (non-hydrogen) atoms. The molecule has 1 heterocycles. The summed E-state index contributed by atoms with van der Waals surface area (Å²) in [6.45, 7) is 3.97. The molecule has 4 rings (SSSR count). The van der Waals surface area contributed by atoms with Crippen molar-refractivity contribution < 1.29 is 22.8 Å². The number of thioether (sulfide) groups is 1. The molecule has 0 spiro atoms. The number of sulfonamides is 1. The number of hydrogen-bond acceptors (Lipinski definition) is 6. The molecule has 0 atom stereocenters. The lowest BCUT2D eigenvalue weighted by molar-refractivity contribution is -0.124. The standard InChI is InChI=1S/C26H29N3O5S2/c1-18(30)27-20-10-12-22(13-11-20)36(33,34)28-21-8-6-19(7-9-21)16-23-24(31)29(25(32)35-23)17-26(2)14-4-3-5-15-26/h6-13,16,28H,3-5,14-15,17H2,1-2H3,(H,27,30)/b23-16-. The van der Waals surface area contributed by atoms with Crippen LogP contribution >= 0.6 is 11.8 Å². The molecule has 2 N–H and O–H groups in total. The second-order valence-corrected chi connectivity index (χ2v) is 12.2. The minimum absolute atomic E-state index is 0.0251. The van der Waals surface area contributed by atoms with Crippen LogP contribution in [0.4, 0.5) is 16.2 Å². The van der Waals surface area contributed by atoms with Crippen molar-refractivity contribution in [3.8, 4) is 0 Å². The number of anilines is 2. The van der Waals surface area contributed by atoms with Crippen molar-refractivity contribution in [2.24, 2.45) is 5.41 Å². The summed E-state index contributed by atoms with van der Waals surface area (Å²) in [5.41, 5.74) is 1.52. The van der Waals surface area contributed by atoms with Crippen LogP contribution in [0.15, 0.2) is 58.3 Å². The highest BCUT2D eigenvalue weighted by Crippen LogP contribution is 2.40. The lowest BCUT2D eigenvalue weighted by Gasteiger charge is -2.35. The van der Waals surface area contributed by atoms with E-state index in [9.17, 15) is 22.8 Å². The maximum Gasteiger partial charge on any atom is 0.293 e. The molecule has 8 nitrogen and oxygen atoms in total. The second kappa shape index (κ2) is 10.5. The van der Waals surface area contributed by atoms with Crippen molar-refractivity contribution in [2.75, 3.05) is 16.6 Å². The van der Waals surface area contributed by atoms with E-state index >= 15 is 0 Å². The first-order chi connectivity index (χ1) is 17.0. The summed E-state index contributed by atoms with van der Waals surface area (Å²) in [5.74, 6) is -0.517. The molecule has 1 aliphatic carbocycles. The molecule has 0 unspecified atom stereocenters. The van der Waals surface area contributed by atoms with Crippen LogP contribution in [0.3, 0.4) is 0 Å². The van der Waals surface area contributed by atoms with Gasteiger partial charge < -0.3 is 5.32 Å². The van der Waals surface area contributed by atoms with Crippen LogP contribution in [0.1, 0.15) is 51.5 Å². The SMILES string of the molecule is CC(=O)Nc1ccc(S(=O)(=O)Nc2ccc(/C=C3\SC(=O)N(CC4(C)CCCCC4)C3=O)cc2)cc1. The van der Waals surface area contributed by atoms with Gasteiger partial charge in [0.05, 0.1) is 9.80 Å². The Hall–Kier alpha value is -3.11. The lowest BCUT2D eigenvalue weighted by atomic mass is 9.75. The highest BCUT2D eigenvalue weighted by atomic mass is 32.2. The van der Waals surface area contributed by atoms with Crippen molar-refractivity contribution in [1.82, 2.24) is 4.90 Å². The van der Waals surface area contributed by atoms with E-state index in [1.54, 1.807) is 30.3 Å². The Morgan fingerprint density at radius 2 is 1.61 bits per heavy atom. The molecule has 2 fully saturated rings. The van der Waals surface area contributed by atoms with Crippen LogP contribution in [0.2, 0.25) is 0 Å². The Balaban J connectivity index is 1.42. The van der Waals surface area contributed by atoms with Gasteiger partial charge in [0.25, 0.3) is 21.2 Å². The van der Waals surface area contributed by atoms with Gasteiger partial charge in [-0.05, 0) is 78.1 Å². The zero-order valence-corrected chi connectivity index (χ0v) is 21.9. The van der Waals surface area contributed by atoms with Crippen LogP contribution < -0.4 is 10.0 Å². The number of benzene rings is 2. The number of amides is 3. The first kappa shape index (κ1) is 26.0. The first-order valence-corrected chi connectivity index (χ1v) is 14.1. The van der Waals surface area contributed by atoms with Crippen LogP contribution in [-0.2, 0) is 19.6 Å². The van der Waals surface area contributed by atoms with Crippen LogP contribution in [0.25, 0.3) is 6.08 Å². The maximum absolute atomic E-state index is 12.9. The summed E-state index contributed by atoms with van der Waals surface area (Å²) in [6.07, 6.45) is 7.15. The van der Waals surface area contributed by atoms with Gasteiger partial charge in [-0.2, -0.15) is 0 Å². The Kier molecular flexibility index (Phi) is 7.56. The summed E-state index contributed by atoms with van der Waals surface area (Å²) < 4.78 is 27.9. The molecule has 190 valence electrons. The smallest absolute Gasteiger partial charge is 0.293 e. The number of nitrogens with zero attached hydrogens (tertiary/aromatic N) is 1. The fourth-order valence-electron chi connectivity index (χ4n) is 4.51. The average molecular weight is 528 g/mol. The number of nitrogens with one attached hydrogen (secondary N) is 2. The predicted molar refractivity (Wildman–Crippen MR) is 142 cm³/mol. The minimum atomic E-state index is -3.82. The Morgan fingerprint density at radius 3 is 2.22 bits per heavy atom. The van der Waals surface area contributed by atoms with Gasteiger partial charge in [0.2, 0.25) is 5.91 Å². The van der Waals surface area contributed by atoms with Gasteiger partial charge in [-0.25, -0.2) is 8.42 Å². The van der Waals surface area contributed by atoms with Crippen LogP contribution in [-0.4, -0.2) is 36.9 Å². The number of hydrogen-bond donors (Lipinski definition) is 2. The Bertz CT molecular complexity index is 1300. The third-order valence-electron chi connectivity index (χ3n) is 6.42. The molecule has 1 saturated carbocycles. The Morgan fingerprint density at radius 1 is 1.00 bits per heavy atom. The van der Waals surface area contributed by atoms with E-state index in [2.05, 4.69) is 17.0 Å². The van der Waals surface area contributed by atoms with Crippen LogP contribution in [0.5, 0.6) is 0 Å². The highest BCUT2D eigenvalue weighted by molar-refractivity contribution is 8.18. The summed E-state index contributed by atoms with van der Waals surface area (Å²) in [7, 11) is -3.82. The third-order valence-corrected chi connectivity index (χ3v) is 8.72. The average Bonchev–Trinajstić information content (AvgIpc) is 3.07. The van der Waals surface area contributed by atoms with Crippen LogP contribution in [0, 0.1) is 5.41 Å². The van der Waals surface area contributed by atoms with Gasteiger partial charge in [0.15, 0.2) is 0 Å². The van der Waals surface area contributed by atoms with Gasteiger partial charge in [-0.15, -0.1) is 0 Å². The summed E-state index contributed by atoms with van der Waals surface area (Å²) in [4.78, 5) is 38.4. The Labute approximate surface area is 215 Å². The number of rotatable bonds is 7. The molecule has 0 radical (unpaired) electrons. The number of imide groups is 1. The second-order valence-electron chi connectivity index (χ2n) is 9.57. The van der Waals surface area contributed by atoms with E-state index in [0.717, 1.165) is 37.4 Å². The molecular formula is C26H29N3O5S2.